The first kappa shape index (κ1) is 37.9. The molecule has 0 fully saturated rings. The summed E-state index contributed by atoms with van der Waals surface area (Å²) in [5.41, 5.74) is 1.90. The van der Waals surface area contributed by atoms with Gasteiger partial charge in [-0.1, -0.05) is 7.43 Å². The summed E-state index contributed by atoms with van der Waals surface area (Å²) in [5, 5.41) is 11.9. The number of ether oxygens (including phenoxy) is 2. The van der Waals surface area contributed by atoms with Crippen molar-refractivity contribution in [1.29, 1.82) is 0 Å². The minimum Gasteiger partial charge on any atom is -0.442 e. The third kappa shape index (κ3) is 9.85. The van der Waals surface area contributed by atoms with Gasteiger partial charge in [0.15, 0.2) is 11.6 Å². The van der Waals surface area contributed by atoms with Gasteiger partial charge in [0.05, 0.1) is 11.4 Å². The van der Waals surface area contributed by atoms with Crippen molar-refractivity contribution in [2.24, 2.45) is 0 Å². The lowest BCUT2D eigenvalue weighted by molar-refractivity contribution is 0.0500. The Morgan fingerprint density at radius 1 is 0.783 bits per heavy atom. The zero-order valence-electron chi connectivity index (χ0n) is 27.2. The predicted octanol–water partition coefficient (Wildman–Crippen LogP) is 7.60. The quantitative estimate of drug-likeness (QED) is 0.211. The van der Waals surface area contributed by atoms with Crippen LogP contribution in [0.5, 0.6) is 0 Å². The van der Waals surface area contributed by atoms with Gasteiger partial charge in [0.25, 0.3) is 0 Å². The third-order valence-corrected chi connectivity index (χ3v) is 6.45. The van der Waals surface area contributed by atoms with E-state index in [1.54, 1.807) is 58.0 Å². The molecule has 0 aliphatic rings. The van der Waals surface area contributed by atoms with Crippen molar-refractivity contribution >= 4 is 58.7 Å². The van der Waals surface area contributed by atoms with Crippen LogP contribution >= 0.6 is 23.2 Å². The maximum absolute atomic E-state index is 12.3. The van der Waals surface area contributed by atoms with Crippen LogP contribution in [0.25, 0.3) is 0 Å². The summed E-state index contributed by atoms with van der Waals surface area (Å²) in [7, 11) is 1.80. The average molecular weight is 678 g/mol. The number of nitrogens with zero attached hydrogens (tertiary/aromatic N) is 9. The Bertz CT molecular complexity index is 1690. The SMILES string of the molecule is C.Cc1c(N(C)c2ccnc(Cl)n2)nn(C(=O)OC(C)(C)C)c1C.Cc1c(Nc2ccnc(Cl)n2)nn(C(=O)OC(C)(C)C)c1C. The number of halogens is 2. The van der Waals surface area contributed by atoms with Crippen molar-refractivity contribution in [2.45, 2.75) is 87.9 Å². The van der Waals surface area contributed by atoms with E-state index < -0.39 is 23.4 Å². The van der Waals surface area contributed by atoms with E-state index in [0.717, 1.165) is 11.1 Å². The lowest BCUT2D eigenvalue weighted by Gasteiger charge is -2.19. The van der Waals surface area contributed by atoms with E-state index in [2.05, 4.69) is 35.5 Å². The molecule has 16 heteroatoms. The molecule has 14 nitrogen and oxygen atoms in total. The monoisotopic (exact) mass is 676 g/mol. The predicted molar refractivity (Wildman–Crippen MR) is 179 cm³/mol. The summed E-state index contributed by atoms with van der Waals surface area (Å²) >= 11 is 11.6. The second-order valence-electron chi connectivity index (χ2n) is 12.0. The molecule has 0 aliphatic carbocycles. The van der Waals surface area contributed by atoms with Crippen LogP contribution in [0.1, 0.15) is 71.5 Å². The Morgan fingerprint density at radius 2 is 1.26 bits per heavy atom. The van der Waals surface area contributed by atoms with Gasteiger partial charge in [-0.3, -0.25) is 0 Å². The van der Waals surface area contributed by atoms with Crippen molar-refractivity contribution in [2.75, 3.05) is 17.3 Å². The van der Waals surface area contributed by atoms with E-state index in [1.165, 1.54) is 15.6 Å². The maximum Gasteiger partial charge on any atom is 0.435 e. The molecule has 0 saturated carbocycles. The summed E-state index contributed by atoms with van der Waals surface area (Å²) in [6, 6.07) is 3.38. The molecule has 0 unspecified atom stereocenters. The summed E-state index contributed by atoms with van der Waals surface area (Å²) in [4.78, 5) is 42.0. The number of hydrogen-bond acceptors (Lipinski definition) is 12. The maximum atomic E-state index is 12.3. The fraction of sp³-hybridized carbons (Fsp3) is 0.467. The molecular formula is C30H42Cl2N10O4. The number of aromatic nitrogens is 8. The molecule has 0 spiro atoms. The summed E-state index contributed by atoms with van der Waals surface area (Å²) < 4.78 is 13.2. The topological polar surface area (TPSA) is 155 Å². The standard InChI is InChI=1S/C15H20ClN5O2.C14H18ClN5O2.CH4/c1-9-10(2)21(14(22)23-15(3,4)5)19-12(9)20(6)11-7-8-17-13(16)18-11;1-8-9(2)20(13(21)22-14(3,4)5)19-11(8)17-10-6-7-16-12(15)18-10;/h7-8H,1-6H3;6-7H,1-5H3,(H,16,17,18,19);1H4. The molecule has 1 N–H and O–H groups in total. The van der Waals surface area contributed by atoms with E-state index >= 15 is 0 Å². The Hall–Kier alpha value is -4.30. The van der Waals surface area contributed by atoms with Crippen molar-refractivity contribution in [1.82, 2.24) is 39.5 Å². The van der Waals surface area contributed by atoms with Crippen LogP contribution < -0.4 is 10.2 Å². The van der Waals surface area contributed by atoms with E-state index in [0.29, 0.717) is 34.7 Å². The second-order valence-corrected chi connectivity index (χ2v) is 12.6. The van der Waals surface area contributed by atoms with Gasteiger partial charge in [0.1, 0.15) is 22.8 Å². The molecule has 0 aliphatic heterocycles. The van der Waals surface area contributed by atoms with E-state index in [-0.39, 0.29) is 18.0 Å². The number of carbonyl (C=O) groups is 2. The van der Waals surface area contributed by atoms with Crippen LogP contribution in [-0.2, 0) is 9.47 Å². The van der Waals surface area contributed by atoms with Crippen molar-refractivity contribution in [3.05, 3.63) is 57.6 Å². The van der Waals surface area contributed by atoms with Crippen LogP contribution in [0.2, 0.25) is 10.6 Å². The molecule has 4 aromatic heterocycles. The molecule has 0 atom stereocenters. The molecule has 4 rings (SSSR count). The van der Waals surface area contributed by atoms with Gasteiger partial charge >= 0.3 is 12.2 Å². The molecule has 4 heterocycles. The lowest BCUT2D eigenvalue weighted by atomic mass is 10.2. The molecule has 0 amide bonds. The Kier molecular flexibility index (Phi) is 12.2. The molecule has 0 aromatic carbocycles. The Morgan fingerprint density at radius 3 is 1.76 bits per heavy atom. The number of rotatable bonds is 4. The number of anilines is 4. The first-order chi connectivity index (χ1) is 20.8. The number of hydrogen-bond donors (Lipinski definition) is 1. The zero-order chi connectivity index (χ0) is 33.9. The van der Waals surface area contributed by atoms with Gasteiger partial charge in [-0.2, -0.15) is 9.36 Å². The first-order valence-electron chi connectivity index (χ1n) is 13.8. The number of nitrogens with one attached hydrogen (secondary N) is 1. The first-order valence-corrected chi connectivity index (χ1v) is 14.6. The fourth-order valence-electron chi connectivity index (χ4n) is 3.70. The van der Waals surface area contributed by atoms with Gasteiger partial charge in [-0.15, -0.1) is 10.2 Å². The molecular weight excluding hydrogens is 635 g/mol. The van der Waals surface area contributed by atoms with Crippen LogP contribution in [0.15, 0.2) is 24.5 Å². The van der Waals surface area contributed by atoms with Gasteiger partial charge in [0.2, 0.25) is 10.6 Å². The number of carbonyl (C=O) groups excluding carboxylic acids is 2. The molecule has 46 heavy (non-hydrogen) atoms. The largest absolute Gasteiger partial charge is 0.442 e. The zero-order valence-corrected chi connectivity index (χ0v) is 28.7. The van der Waals surface area contributed by atoms with Crippen LogP contribution in [-0.4, -0.2) is 69.9 Å². The minimum atomic E-state index is -0.588. The van der Waals surface area contributed by atoms with Crippen molar-refractivity contribution in [3.63, 3.8) is 0 Å². The smallest absolute Gasteiger partial charge is 0.435 e. The fourth-order valence-corrected chi connectivity index (χ4v) is 3.99. The highest BCUT2D eigenvalue weighted by molar-refractivity contribution is 6.28. The highest BCUT2D eigenvalue weighted by atomic mass is 35.5. The average Bonchev–Trinajstić information content (AvgIpc) is 3.37. The van der Waals surface area contributed by atoms with Crippen LogP contribution in [0.4, 0.5) is 32.9 Å². The van der Waals surface area contributed by atoms with Gasteiger partial charge < -0.3 is 19.7 Å². The minimum absolute atomic E-state index is 0. The summed E-state index contributed by atoms with van der Waals surface area (Å²) in [6.07, 6.45) is 2.05. The lowest BCUT2D eigenvalue weighted by Crippen LogP contribution is -2.28. The highest BCUT2D eigenvalue weighted by Crippen LogP contribution is 2.27. The second kappa shape index (κ2) is 14.9. The van der Waals surface area contributed by atoms with E-state index in [1.807, 2.05) is 41.5 Å². The van der Waals surface area contributed by atoms with Gasteiger partial charge in [-0.05, 0) is 105 Å². The normalized spacial score (nSPS) is 11.2. The molecule has 0 saturated heterocycles. The van der Waals surface area contributed by atoms with Crippen LogP contribution in [0.3, 0.4) is 0 Å². The van der Waals surface area contributed by atoms with Gasteiger partial charge in [0, 0.05) is 30.6 Å². The Labute approximate surface area is 279 Å². The van der Waals surface area contributed by atoms with E-state index in [9.17, 15) is 9.59 Å². The van der Waals surface area contributed by atoms with Crippen LogP contribution in [0, 0.1) is 27.7 Å². The van der Waals surface area contributed by atoms with Crippen molar-refractivity contribution < 1.29 is 19.1 Å². The summed E-state index contributed by atoms with van der Waals surface area (Å²) in [5.74, 6) is 2.19. The molecule has 250 valence electrons. The Balaban J connectivity index is 0.000000314. The summed E-state index contributed by atoms with van der Waals surface area (Å²) in [6.45, 7) is 18.2. The van der Waals surface area contributed by atoms with Crippen molar-refractivity contribution in [3.8, 4) is 0 Å². The highest BCUT2D eigenvalue weighted by Gasteiger charge is 2.25. The molecule has 0 radical (unpaired) electrons. The van der Waals surface area contributed by atoms with E-state index in [4.69, 9.17) is 32.7 Å². The third-order valence-electron chi connectivity index (χ3n) is 6.08. The van der Waals surface area contributed by atoms with Gasteiger partial charge in [-0.25, -0.2) is 29.5 Å². The molecule has 4 aromatic rings. The molecule has 0 bridgehead atoms.